The lowest BCUT2D eigenvalue weighted by molar-refractivity contribution is -0.274. The first-order valence-corrected chi connectivity index (χ1v) is 9.33. The van der Waals surface area contributed by atoms with Crippen LogP contribution in [-0.4, -0.2) is 30.4 Å². The van der Waals surface area contributed by atoms with Gasteiger partial charge in [0, 0.05) is 23.9 Å². The Morgan fingerprint density at radius 1 is 1.32 bits per heavy atom. The molecule has 0 bridgehead atoms. The molecule has 2 N–H and O–H groups in total. The lowest BCUT2D eigenvalue weighted by Crippen LogP contribution is -2.38. The molecule has 1 heterocycles. The highest BCUT2D eigenvalue weighted by Gasteiger charge is 2.42. The van der Waals surface area contributed by atoms with Crippen molar-refractivity contribution in [2.45, 2.75) is 45.1 Å². The van der Waals surface area contributed by atoms with Crippen LogP contribution in [0.4, 0.5) is 13.2 Å². The van der Waals surface area contributed by atoms with Crippen LogP contribution in [0.2, 0.25) is 0 Å². The van der Waals surface area contributed by atoms with Crippen molar-refractivity contribution in [3.8, 4) is 5.75 Å². The minimum atomic E-state index is -4.70. The SMILES string of the molecule is CN=C(NCc1sc(C)nc1C)NC1CC1c1ccccc1OC(F)(F)F.I. The van der Waals surface area contributed by atoms with Gasteiger partial charge in [-0.25, -0.2) is 4.98 Å². The number of hydrogen-bond acceptors (Lipinski definition) is 4. The third-order valence-electron chi connectivity index (χ3n) is 4.30. The van der Waals surface area contributed by atoms with E-state index in [1.165, 1.54) is 12.1 Å². The number of guanidine groups is 1. The predicted octanol–water partition coefficient (Wildman–Crippen LogP) is 4.50. The third-order valence-corrected chi connectivity index (χ3v) is 5.37. The van der Waals surface area contributed by atoms with E-state index < -0.39 is 6.36 Å². The highest BCUT2D eigenvalue weighted by atomic mass is 127. The van der Waals surface area contributed by atoms with Crippen molar-refractivity contribution in [2.75, 3.05) is 7.05 Å². The second kappa shape index (κ2) is 9.29. The maximum absolute atomic E-state index is 12.6. The summed E-state index contributed by atoms with van der Waals surface area (Å²) in [6.07, 6.45) is -3.98. The Balaban J connectivity index is 0.00000280. The quantitative estimate of drug-likeness (QED) is 0.343. The lowest BCUT2D eigenvalue weighted by atomic mass is 10.1. The zero-order valence-electron chi connectivity index (χ0n) is 15.6. The minimum absolute atomic E-state index is 0. The normalized spacial score (nSPS) is 19.0. The number of thiazole rings is 1. The topological polar surface area (TPSA) is 58.5 Å². The van der Waals surface area contributed by atoms with Crippen LogP contribution in [0, 0.1) is 13.8 Å². The molecule has 1 aliphatic carbocycles. The zero-order chi connectivity index (χ0) is 19.6. The van der Waals surface area contributed by atoms with Crippen LogP contribution in [0.1, 0.15) is 33.5 Å². The van der Waals surface area contributed by atoms with Crippen LogP contribution in [0.25, 0.3) is 0 Å². The number of aromatic nitrogens is 1. The summed E-state index contributed by atoms with van der Waals surface area (Å²) in [5.74, 6) is 0.426. The van der Waals surface area contributed by atoms with E-state index in [1.54, 1.807) is 30.5 Å². The van der Waals surface area contributed by atoms with Gasteiger partial charge in [-0.2, -0.15) is 0 Å². The van der Waals surface area contributed by atoms with E-state index in [-0.39, 0.29) is 41.7 Å². The van der Waals surface area contributed by atoms with Gasteiger partial charge < -0.3 is 15.4 Å². The fraction of sp³-hybridized carbons (Fsp3) is 0.444. The first-order chi connectivity index (χ1) is 12.8. The first kappa shape index (κ1) is 22.7. The monoisotopic (exact) mass is 526 g/mol. The Morgan fingerprint density at radius 2 is 2.04 bits per heavy atom. The molecule has 28 heavy (non-hydrogen) atoms. The largest absolute Gasteiger partial charge is 0.573 e. The maximum Gasteiger partial charge on any atom is 0.573 e. The Kier molecular flexibility index (Phi) is 7.54. The van der Waals surface area contributed by atoms with E-state index in [4.69, 9.17) is 0 Å². The van der Waals surface area contributed by atoms with Gasteiger partial charge in [-0.1, -0.05) is 18.2 Å². The molecule has 1 fully saturated rings. The molecule has 1 saturated carbocycles. The van der Waals surface area contributed by atoms with E-state index in [2.05, 4.69) is 25.3 Å². The molecule has 1 aromatic heterocycles. The first-order valence-electron chi connectivity index (χ1n) is 8.51. The van der Waals surface area contributed by atoms with Crippen molar-refractivity contribution in [3.05, 3.63) is 45.4 Å². The summed E-state index contributed by atoms with van der Waals surface area (Å²) in [6, 6.07) is 6.29. The summed E-state index contributed by atoms with van der Waals surface area (Å²) in [6.45, 7) is 4.52. The number of hydrogen-bond donors (Lipinski definition) is 2. The average molecular weight is 526 g/mol. The second-order valence-electron chi connectivity index (χ2n) is 6.35. The number of aliphatic imine (C=N–C) groups is 1. The van der Waals surface area contributed by atoms with Crippen molar-refractivity contribution >= 4 is 41.3 Å². The average Bonchev–Trinajstić information content (AvgIpc) is 3.27. The van der Waals surface area contributed by atoms with Crippen molar-refractivity contribution in [3.63, 3.8) is 0 Å². The molecule has 0 aliphatic heterocycles. The predicted molar refractivity (Wildman–Crippen MR) is 115 cm³/mol. The van der Waals surface area contributed by atoms with E-state index in [1.807, 2.05) is 13.8 Å². The van der Waals surface area contributed by atoms with E-state index >= 15 is 0 Å². The van der Waals surface area contributed by atoms with Crippen LogP contribution in [0.3, 0.4) is 0 Å². The van der Waals surface area contributed by atoms with Gasteiger partial charge >= 0.3 is 6.36 Å². The molecule has 2 atom stereocenters. The number of nitrogens with zero attached hydrogens (tertiary/aromatic N) is 2. The van der Waals surface area contributed by atoms with E-state index in [0.29, 0.717) is 18.1 Å². The molecule has 154 valence electrons. The van der Waals surface area contributed by atoms with Gasteiger partial charge in [0.05, 0.1) is 17.2 Å². The van der Waals surface area contributed by atoms with Crippen molar-refractivity contribution in [2.24, 2.45) is 4.99 Å². The van der Waals surface area contributed by atoms with E-state index in [9.17, 15) is 13.2 Å². The highest BCUT2D eigenvalue weighted by Crippen LogP contribution is 2.45. The number of rotatable bonds is 5. The number of nitrogens with one attached hydrogen (secondary N) is 2. The fourth-order valence-electron chi connectivity index (χ4n) is 2.97. The molecule has 2 unspecified atom stereocenters. The van der Waals surface area contributed by atoms with Gasteiger partial charge in [-0.15, -0.1) is 48.5 Å². The number of alkyl halides is 3. The molecular formula is C18H22F3IN4OS. The fourth-order valence-corrected chi connectivity index (χ4v) is 3.85. The molecule has 0 saturated heterocycles. The maximum atomic E-state index is 12.6. The Morgan fingerprint density at radius 3 is 2.64 bits per heavy atom. The summed E-state index contributed by atoms with van der Waals surface area (Å²) in [7, 11) is 1.66. The van der Waals surface area contributed by atoms with Crippen molar-refractivity contribution in [1.82, 2.24) is 15.6 Å². The lowest BCUT2D eigenvalue weighted by Gasteiger charge is -2.14. The molecule has 2 aromatic rings. The number of para-hydroxylation sites is 1. The second-order valence-corrected chi connectivity index (χ2v) is 7.63. The smallest absolute Gasteiger partial charge is 0.405 e. The molecule has 5 nitrogen and oxygen atoms in total. The van der Waals surface area contributed by atoms with Gasteiger partial charge in [-0.3, -0.25) is 4.99 Å². The summed E-state index contributed by atoms with van der Waals surface area (Å²) in [4.78, 5) is 9.72. The van der Waals surface area contributed by atoms with Gasteiger partial charge in [0.1, 0.15) is 5.75 Å². The highest BCUT2D eigenvalue weighted by molar-refractivity contribution is 14.0. The van der Waals surface area contributed by atoms with Gasteiger partial charge in [0.2, 0.25) is 0 Å². The van der Waals surface area contributed by atoms with Crippen LogP contribution in [0.15, 0.2) is 29.3 Å². The van der Waals surface area contributed by atoms with Crippen molar-refractivity contribution < 1.29 is 17.9 Å². The van der Waals surface area contributed by atoms with Crippen molar-refractivity contribution in [1.29, 1.82) is 0 Å². The summed E-state index contributed by atoms with van der Waals surface area (Å²) < 4.78 is 41.9. The van der Waals surface area contributed by atoms with Crippen LogP contribution >= 0.6 is 35.3 Å². The Labute approximate surface area is 182 Å². The summed E-state index contributed by atoms with van der Waals surface area (Å²) in [5.41, 5.74) is 1.54. The Bertz CT molecular complexity index is 840. The molecule has 3 rings (SSSR count). The molecule has 1 aliphatic rings. The van der Waals surface area contributed by atoms with E-state index in [0.717, 1.165) is 22.0 Å². The van der Waals surface area contributed by atoms with Crippen LogP contribution in [0.5, 0.6) is 5.75 Å². The molecule has 10 heteroatoms. The minimum Gasteiger partial charge on any atom is -0.405 e. The Hall–Kier alpha value is -1.56. The summed E-state index contributed by atoms with van der Waals surface area (Å²) in [5, 5.41) is 7.51. The zero-order valence-corrected chi connectivity index (χ0v) is 18.8. The number of ether oxygens (including phenoxy) is 1. The molecule has 0 radical (unpaired) electrons. The van der Waals surface area contributed by atoms with Crippen LogP contribution < -0.4 is 15.4 Å². The van der Waals surface area contributed by atoms with Gasteiger partial charge in [0.15, 0.2) is 5.96 Å². The molecule has 0 spiro atoms. The van der Waals surface area contributed by atoms with Gasteiger partial charge in [-0.05, 0) is 31.9 Å². The molecule has 0 amide bonds. The van der Waals surface area contributed by atoms with Crippen LogP contribution in [-0.2, 0) is 6.54 Å². The summed E-state index contributed by atoms with van der Waals surface area (Å²) >= 11 is 1.63. The number of aryl methyl sites for hydroxylation is 2. The molecule has 1 aromatic carbocycles. The number of benzene rings is 1. The van der Waals surface area contributed by atoms with Gasteiger partial charge in [0.25, 0.3) is 0 Å². The third kappa shape index (κ3) is 5.97. The molecular weight excluding hydrogens is 504 g/mol. The number of halogens is 4. The standard InChI is InChI=1S/C18H21F3N4OS.HI/c1-10-16(27-11(2)24-10)9-23-17(22-3)25-14-8-13(14)12-6-4-5-7-15(12)26-18(19,20)21;/h4-7,13-14H,8-9H2,1-3H3,(H2,22,23,25);1H.